The van der Waals surface area contributed by atoms with Gasteiger partial charge in [0.1, 0.15) is 5.41 Å². The lowest BCUT2D eigenvalue weighted by Crippen LogP contribution is -2.46. The third kappa shape index (κ3) is 3.64. The van der Waals surface area contributed by atoms with Crippen LogP contribution in [0.1, 0.15) is 29.8 Å². The Kier molecular flexibility index (Phi) is 5.35. The van der Waals surface area contributed by atoms with E-state index in [1.54, 1.807) is 0 Å². The molecule has 0 aliphatic rings. The van der Waals surface area contributed by atoms with Crippen LogP contribution in [0.15, 0.2) is 12.1 Å². The zero-order valence-corrected chi connectivity index (χ0v) is 13.0. The summed E-state index contributed by atoms with van der Waals surface area (Å²) in [4.78, 5) is 22.7. The van der Waals surface area contributed by atoms with Crippen LogP contribution in [-0.4, -0.2) is 23.2 Å². The zero-order valence-electron chi connectivity index (χ0n) is 11.5. The summed E-state index contributed by atoms with van der Waals surface area (Å²) in [6.45, 7) is 1.14. The lowest BCUT2D eigenvalue weighted by molar-refractivity contribution is -0.211. The van der Waals surface area contributed by atoms with E-state index in [0.29, 0.717) is 0 Å². The number of carbonyl (C=O) groups excluding carboxylic acids is 1. The summed E-state index contributed by atoms with van der Waals surface area (Å²) in [5, 5.41) is 10.7. The van der Waals surface area contributed by atoms with Crippen LogP contribution in [0, 0.1) is 5.41 Å². The second kappa shape index (κ2) is 6.34. The third-order valence-electron chi connectivity index (χ3n) is 3.10. The first-order chi connectivity index (χ1) is 9.89. The Morgan fingerprint density at radius 2 is 1.77 bits per heavy atom. The molecule has 0 radical (unpaired) electrons. The molecule has 22 heavy (non-hydrogen) atoms. The standard InChI is InChI=1S/C13H12Cl2F3NO3/c1-12(2,13(16,17)18)11(22)19-5-6-3-4-7(14)8(9(6)15)10(20)21/h3-4H,5H2,1-2H3,(H,19,22)(H,20,21). The van der Waals surface area contributed by atoms with Crippen molar-refractivity contribution in [2.45, 2.75) is 26.6 Å². The number of alkyl halides is 3. The molecule has 0 heterocycles. The molecule has 0 aliphatic carbocycles. The fourth-order valence-corrected chi connectivity index (χ4v) is 2.05. The second-order valence-corrected chi connectivity index (χ2v) is 5.79. The fourth-order valence-electron chi connectivity index (χ4n) is 1.45. The number of hydrogen-bond donors (Lipinski definition) is 2. The van der Waals surface area contributed by atoms with Crippen LogP contribution in [0.3, 0.4) is 0 Å². The van der Waals surface area contributed by atoms with Crippen LogP contribution in [0.4, 0.5) is 13.2 Å². The molecule has 9 heteroatoms. The van der Waals surface area contributed by atoms with Crippen LogP contribution in [0.5, 0.6) is 0 Å². The van der Waals surface area contributed by atoms with E-state index in [-0.39, 0.29) is 27.7 Å². The van der Waals surface area contributed by atoms with Crippen LogP contribution in [0.25, 0.3) is 0 Å². The molecule has 0 spiro atoms. The van der Waals surface area contributed by atoms with E-state index >= 15 is 0 Å². The Morgan fingerprint density at radius 3 is 2.23 bits per heavy atom. The monoisotopic (exact) mass is 357 g/mol. The fraction of sp³-hybridized carbons (Fsp3) is 0.385. The zero-order chi connectivity index (χ0) is 17.3. The molecule has 1 aromatic rings. The van der Waals surface area contributed by atoms with Crippen molar-refractivity contribution in [1.82, 2.24) is 5.32 Å². The average molecular weight is 358 g/mol. The number of carboxylic acids is 1. The smallest absolute Gasteiger partial charge is 0.402 e. The van der Waals surface area contributed by atoms with Crippen molar-refractivity contribution in [3.05, 3.63) is 33.3 Å². The average Bonchev–Trinajstić information content (AvgIpc) is 2.35. The summed E-state index contributed by atoms with van der Waals surface area (Å²) in [7, 11) is 0. The minimum atomic E-state index is -4.72. The van der Waals surface area contributed by atoms with E-state index in [4.69, 9.17) is 28.3 Å². The quantitative estimate of drug-likeness (QED) is 0.858. The van der Waals surface area contributed by atoms with Gasteiger partial charge >= 0.3 is 12.1 Å². The van der Waals surface area contributed by atoms with Crippen LogP contribution >= 0.6 is 23.2 Å². The van der Waals surface area contributed by atoms with Crippen LogP contribution < -0.4 is 5.32 Å². The molecule has 0 saturated heterocycles. The Bertz CT molecular complexity index is 615. The number of halogens is 5. The first-order valence-electron chi connectivity index (χ1n) is 5.94. The van der Waals surface area contributed by atoms with Gasteiger partial charge in [0.25, 0.3) is 0 Å². The summed E-state index contributed by atoms with van der Waals surface area (Å²) in [6.07, 6.45) is -4.72. The normalized spacial score (nSPS) is 12.1. The minimum absolute atomic E-state index is 0.108. The SMILES string of the molecule is CC(C)(C(=O)NCc1ccc(Cl)c(C(=O)O)c1Cl)C(F)(F)F. The van der Waals surface area contributed by atoms with Gasteiger partial charge in [-0.2, -0.15) is 13.2 Å². The Balaban J connectivity index is 2.97. The number of nitrogens with one attached hydrogen (secondary N) is 1. The number of amides is 1. The maximum atomic E-state index is 12.7. The van der Waals surface area contributed by atoms with Crippen LogP contribution in [0.2, 0.25) is 10.0 Å². The number of carbonyl (C=O) groups is 2. The number of benzene rings is 1. The Morgan fingerprint density at radius 1 is 1.23 bits per heavy atom. The van der Waals surface area contributed by atoms with Gasteiger partial charge < -0.3 is 10.4 Å². The van der Waals surface area contributed by atoms with Crippen molar-refractivity contribution in [2.24, 2.45) is 5.41 Å². The Labute approximate surface area is 134 Å². The predicted molar refractivity (Wildman–Crippen MR) is 75.1 cm³/mol. The summed E-state index contributed by atoms with van der Waals surface area (Å²) in [5.41, 5.74) is -2.80. The lowest BCUT2D eigenvalue weighted by Gasteiger charge is -2.26. The van der Waals surface area contributed by atoms with E-state index in [0.717, 1.165) is 13.8 Å². The van der Waals surface area contributed by atoms with Crippen molar-refractivity contribution in [2.75, 3.05) is 0 Å². The molecule has 122 valence electrons. The molecular formula is C13H12Cl2F3NO3. The molecule has 2 N–H and O–H groups in total. The number of hydrogen-bond acceptors (Lipinski definition) is 2. The van der Waals surface area contributed by atoms with E-state index in [9.17, 15) is 22.8 Å². The molecular weight excluding hydrogens is 346 g/mol. The minimum Gasteiger partial charge on any atom is -0.478 e. The van der Waals surface area contributed by atoms with Gasteiger partial charge in [0.05, 0.1) is 15.6 Å². The van der Waals surface area contributed by atoms with Gasteiger partial charge in [-0.25, -0.2) is 4.79 Å². The van der Waals surface area contributed by atoms with Gasteiger partial charge in [0.2, 0.25) is 5.91 Å². The maximum Gasteiger partial charge on any atom is 0.402 e. The van der Waals surface area contributed by atoms with Crippen LogP contribution in [-0.2, 0) is 11.3 Å². The summed E-state index contributed by atoms with van der Waals surface area (Å²) in [5.74, 6) is -2.62. The lowest BCUT2D eigenvalue weighted by atomic mass is 9.91. The first kappa shape index (κ1) is 18.6. The van der Waals surface area contributed by atoms with Crippen molar-refractivity contribution in [3.8, 4) is 0 Å². The largest absolute Gasteiger partial charge is 0.478 e. The topological polar surface area (TPSA) is 66.4 Å². The van der Waals surface area contributed by atoms with Gasteiger partial charge in [-0.3, -0.25) is 4.79 Å². The summed E-state index contributed by atoms with van der Waals surface area (Å²) in [6, 6.07) is 2.57. The number of rotatable bonds is 4. The molecule has 0 bridgehead atoms. The van der Waals surface area contributed by atoms with Gasteiger partial charge in [-0.05, 0) is 25.5 Å². The third-order valence-corrected chi connectivity index (χ3v) is 3.85. The van der Waals surface area contributed by atoms with Crippen molar-refractivity contribution in [3.63, 3.8) is 0 Å². The van der Waals surface area contributed by atoms with E-state index in [1.165, 1.54) is 12.1 Å². The van der Waals surface area contributed by atoms with Crippen molar-refractivity contribution < 1.29 is 27.9 Å². The highest BCUT2D eigenvalue weighted by atomic mass is 35.5. The number of aromatic carboxylic acids is 1. The Hall–Kier alpha value is -1.47. The summed E-state index contributed by atoms with van der Waals surface area (Å²) >= 11 is 11.5. The van der Waals surface area contributed by atoms with Gasteiger partial charge in [-0.1, -0.05) is 29.3 Å². The summed E-state index contributed by atoms with van der Waals surface area (Å²) < 4.78 is 38.2. The molecule has 0 unspecified atom stereocenters. The van der Waals surface area contributed by atoms with Crippen molar-refractivity contribution >= 4 is 35.1 Å². The van der Waals surface area contributed by atoms with E-state index in [2.05, 4.69) is 5.32 Å². The van der Waals surface area contributed by atoms with Gasteiger partial charge in [0, 0.05) is 6.54 Å². The maximum absolute atomic E-state index is 12.7. The molecule has 0 saturated carbocycles. The van der Waals surface area contributed by atoms with E-state index < -0.39 is 23.5 Å². The van der Waals surface area contributed by atoms with Gasteiger partial charge in [0.15, 0.2) is 0 Å². The van der Waals surface area contributed by atoms with Crippen molar-refractivity contribution in [1.29, 1.82) is 0 Å². The molecule has 0 aromatic heterocycles. The van der Waals surface area contributed by atoms with E-state index in [1.807, 2.05) is 0 Å². The number of carboxylic acid groups (broad SMARTS) is 1. The molecule has 1 amide bonds. The predicted octanol–water partition coefficient (Wildman–Crippen LogP) is 3.90. The molecule has 1 rings (SSSR count). The molecule has 4 nitrogen and oxygen atoms in total. The first-order valence-corrected chi connectivity index (χ1v) is 6.70. The highest BCUT2D eigenvalue weighted by Crippen LogP contribution is 2.37. The molecule has 0 atom stereocenters. The highest BCUT2D eigenvalue weighted by molar-refractivity contribution is 6.39. The molecule has 0 fully saturated rings. The van der Waals surface area contributed by atoms with Gasteiger partial charge in [-0.15, -0.1) is 0 Å². The second-order valence-electron chi connectivity index (χ2n) is 5.01. The molecule has 1 aromatic carbocycles. The highest BCUT2D eigenvalue weighted by Gasteiger charge is 2.52. The molecule has 0 aliphatic heterocycles.